The van der Waals surface area contributed by atoms with E-state index in [2.05, 4.69) is 20.8 Å². The van der Waals surface area contributed by atoms with Gasteiger partial charge in [-0.3, -0.25) is 14.5 Å². The third kappa shape index (κ3) is 4.53. The molecule has 1 aromatic rings. The lowest BCUT2D eigenvalue weighted by molar-refractivity contribution is -0.178. The molecule has 3 aliphatic rings. The zero-order valence-electron chi connectivity index (χ0n) is 19.5. The number of nitrogens with one attached hydrogen (secondary N) is 2. The first-order valence-corrected chi connectivity index (χ1v) is 13.2. The molecular formula is C21H26N6O7S2. The second kappa shape index (κ2) is 10.1. The number of carboxylic acids is 2. The van der Waals surface area contributed by atoms with Gasteiger partial charge in [-0.05, 0) is 25.5 Å². The van der Waals surface area contributed by atoms with Gasteiger partial charge >= 0.3 is 11.9 Å². The van der Waals surface area contributed by atoms with E-state index in [4.69, 9.17) is 10.6 Å². The molecule has 2 amide bonds. The molecule has 1 aromatic heterocycles. The maximum Gasteiger partial charge on any atom is 0.352 e. The number of nitrogens with two attached hydrogens (primary N) is 1. The first-order chi connectivity index (χ1) is 17.1. The van der Waals surface area contributed by atoms with Gasteiger partial charge in [0.05, 0.1) is 0 Å². The highest BCUT2D eigenvalue weighted by atomic mass is 32.2. The summed E-state index contributed by atoms with van der Waals surface area (Å²) in [6.07, 6.45) is 1.13. The van der Waals surface area contributed by atoms with Gasteiger partial charge in [0.15, 0.2) is 10.8 Å². The molecule has 0 aromatic carbocycles. The van der Waals surface area contributed by atoms with Gasteiger partial charge < -0.3 is 31.4 Å². The monoisotopic (exact) mass is 538 g/mol. The normalized spacial score (nSPS) is 23.8. The number of hydrogen-bond acceptors (Lipinski definition) is 11. The minimum atomic E-state index is -1.52. The number of β-lactam (4-membered cyclic amide) rings is 1. The summed E-state index contributed by atoms with van der Waals surface area (Å²) in [5.41, 5.74) is 4.43. The standard InChI is InChI=1S/C21H26N6O7S2/c1-3-23-9(2)10-7-35-17-13(16(29)27(17)14(10)18(30)31)25-15(28)12(11-8-36-20(22)24-11)26-34-21(19(32)33)5-4-6-21/h8-9,13,17,23H,3-7H2,1-2H3,(H2,22,24)(H,25,28)(H,30,31)(H,32,33)/b26-12-/t9?,13?,17-/m1/s1. The fourth-order valence-electron chi connectivity index (χ4n) is 4.19. The van der Waals surface area contributed by atoms with Crippen LogP contribution < -0.4 is 16.4 Å². The van der Waals surface area contributed by atoms with E-state index in [-0.39, 0.29) is 41.1 Å². The van der Waals surface area contributed by atoms with Crippen molar-refractivity contribution in [3.63, 3.8) is 0 Å². The Morgan fingerprint density at radius 2 is 2.11 bits per heavy atom. The van der Waals surface area contributed by atoms with E-state index in [1.807, 2.05) is 13.8 Å². The third-order valence-electron chi connectivity index (χ3n) is 6.36. The maximum absolute atomic E-state index is 13.2. The predicted molar refractivity (Wildman–Crippen MR) is 131 cm³/mol. The zero-order chi connectivity index (χ0) is 26.2. The van der Waals surface area contributed by atoms with Crippen LogP contribution in [0.3, 0.4) is 0 Å². The van der Waals surface area contributed by atoms with Crippen LogP contribution in [0.5, 0.6) is 0 Å². The predicted octanol–water partition coefficient (Wildman–Crippen LogP) is 0.190. The number of anilines is 1. The van der Waals surface area contributed by atoms with Crippen molar-refractivity contribution in [1.82, 2.24) is 20.5 Å². The van der Waals surface area contributed by atoms with Gasteiger partial charge in [-0.2, -0.15) is 0 Å². The Labute approximate surface area is 214 Å². The number of carboxylic acid groups (broad SMARTS) is 2. The fraction of sp³-hybridized carbons (Fsp3) is 0.524. The summed E-state index contributed by atoms with van der Waals surface area (Å²) in [4.78, 5) is 60.4. The van der Waals surface area contributed by atoms with Crippen LogP contribution in [0.4, 0.5) is 5.13 Å². The number of thioether (sulfide) groups is 1. The van der Waals surface area contributed by atoms with Gasteiger partial charge in [0.2, 0.25) is 5.60 Å². The molecule has 6 N–H and O–H groups in total. The molecule has 1 aliphatic carbocycles. The second-order valence-electron chi connectivity index (χ2n) is 8.57. The van der Waals surface area contributed by atoms with Crippen molar-refractivity contribution >= 4 is 57.7 Å². The minimum Gasteiger partial charge on any atom is -0.478 e. The number of nitrogens with zero attached hydrogens (tertiary/aromatic N) is 3. The fourth-order valence-corrected chi connectivity index (χ4v) is 6.21. The van der Waals surface area contributed by atoms with Crippen LogP contribution in [0, 0.1) is 0 Å². The summed E-state index contributed by atoms with van der Waals surface area (Å²) in [7, 11) is 0. The Balaban J connectivity index is 1.55. The van der Waals surface area contributed by atoms with Gasteiger partial charge in [-0.1, -0.05) is 12.1 Å². The molecule has 2 fully saturated rings. The number of thiazole rings is 1. The summed E-state index contributed by atoms with van der Waals surface area (Å²) >= 11 is 2.40. The Morgan fingerprint density at radius 1 is 1.39 bits per heavy atom. The number of fused-ring (bicyclic) bond motifs is 1. The number of nitrogen functional groups attached to an aromatic ring is 1. The summed E-state index contributed by atoms with van der Waals surface area (Å²) in [5, 5.41) is 29.9. The molecule has 13 nitrogen and oxygen atoms in total. The van der Waals surface area contributed by atoms with Crippen LogP contribution in [0.25, 0.3) is 0 Å². The van der Waals surface area contributed by atoms with Gasteiger partial charge in [0.1, 0.15) is 22.8 Å². The molecule has 1 saturated carbocycles. The molecule has 2 aliphatic heterocycles. The number of likely N-dealkylation sites (N-methyl/N-ethyl adjacent to an activating group) is 1. The zero-order valence-corrected chi connectivity index (χ0v) is 21.1. The molecule has 0 radical (unpaired) electrons. The number of aromatic nitrogens is 1. The quantitative estimate of drug-likeness (QED) is 0.155. The lowest BCUT2D eigenvalue weighted by Crippen LogP contribution is -2.71. The van der Waals surface area contributed by atoms with Gasteiger partial charge in [-0.25, -0.2) is 14.6 Å². The van der Waals surface area contributed by atoms with Crippen LogP contribution in [-0.2, 0) is 24.0 Å². The topological polar surface area (TPSA) is 197 Å². The average Bonchev–Trinajstić information content (AvgIpc) is 3.23. The number of amides is 2. The van der Waals surface area contributed by atoms with E-state index < -0.39 is 40.8 Å². The summed E-state index contributed by atoms with van der Waals surface area (Å²) in [6, 6.07) is -1.25. The smallest absolute Gasteiger partial charge is 0.352 e. The van der Waals surface area contributed by atoms with Gasteiger partial charge in [0, 0.05) is 30.0 Å². The highest BCUT2D eigenvalue weighted by Crippen LogP contribution is 2.41. The molecular weight excluding hydrogens is 512 g/mol. The summed E-state index contributed by atoms with van der Waals surface area (Å²) < 4.78 is 0. The van der Waals surface area contributed by atoms with E-state index >= 15 is 0 Å². The molecule has 3 atom stereocenters. The molecule has 1 saturated heterocycles. The SMILES string of the molecule is CCNC(C)C1=C(C(=O)O)N2C(=O)C(NC(=O)/C(=N\OC3(C(=O)O)CCC3)c3csc(N)n3)[C@H]2SC1. The Hall–Kier alpha value is -3.17. The molecule has 15 heteroatoms. The Bertz CT molecular complexity index is 1160. The molecule has 0 bridgehead atoms. The van der Waals surface area contributed by atoms with E-state index in [0.717, 1.165) is 11.3 Å². The molecule has 4 rings (SSSR count). The third-order valence-corrected chi connectivity index (χ3v) is 8.34. The molecule has 36 heavy (non-hydrogen) atoms. The lowest BCUT2D eigenvalue weighted by Gasteiger charge is -2.50. The van der Waals surface area contributed by atoms with Crippen molar-refractivity contribution in [2.75, 3.05) is 18.0 Å². The first kappa shape index (κ1) is 25.9. The minimum absolute atomic E-state index is 0.0719. The Kier molecular flexibility index (Phi) is 7.24. The van der Waals surface area contributed by atoms with Crippen molar-refractivity contribution in [2.24, 2.45) is 5.16 Å². The van der Waals surface area contributed by atoms with Crippen molar-refractivity contribution in [1.29, 1.82) is 0 Å². The van der Waals surface area contributed by atoms with Crippen molar-refractivity contribution in [3.05, 3.63) is 22.3 Å². The molecule has 2 unspecified atom stereocenters. The maximum atomic E-state index is 13.2. The average molecular weight is 539 g/mol. The van der Waals surface area contributed by atoms with Crippen molar-refractivity contribution in [2.45, 2.75) is 56.2 Å². The number of carbonyl (C=O) groups excluding carboxylic acids is 2. The number of rotatable bonds is 10. The van der Waals surface area contributed by atoms with Crippen LogP contribution in [-0.4, -0.2) is 84.9 Å². The van der Waals surface area contributed by atoms with Crippen molar-refractivity contribution < 1.29 is 34.2 Å². The van der Waals surface area contributed by atoms with E-state index in [1.54, 1.807) is 0 Å². The van der Waals surface area contributed by atoms with E-state index in [1.165, 1.54) is 22.0 Å². The summed E-state index contributed by atoms with van der Waals surface area (Å²) in [6.45, 7) is 4.37. The van der Waals surface area contributed by atoms with Crippen LogP contribution in [0.15, 0.2) is 21.8 Å². The highest BCUT2D eigenvalue weighted by molar-refractivity contribution is 8.00. The molecule has 194 valence electrons. The second-order valence-corrected chi connectivity index (χ2v) is 10.6. The lowest BCUT2D eigenvalue weighted by atomic mass is 9.80. The van der Waals surface area contributed by atoms with Gasteiger partial charge in [0.25, 0.3) is 11.8 Å². The largest absolute Gasteiger partial charge is 0.478 e. The first-order valence-electron chi connectivity index (χ1n) is 11.3. The van der Waals surface area contributed by atoms with Crippen molar-refractivity contribution in [3.8, 4) is 0 Å². The summed E-state index contributed by atoms with van der Waals surface area (Å²) in [5.74, 6) is -3.42. The van der Waals surface area contributed by atoms with Crippen LogP contribution in [0.2, 0.25) is 0 Å². The van der Waals surface area contributed by atoms with Gasteiger partial charge in [-0.15, -0.1) is 23.1 Å². The number of aliphatic carboxylic acids is 2. The van der Waals surface area contributed by atoms with E-state index in [9.17, 15) is 29.4 Å². The number of hydrogen-bond donors (Lipinski definition) is 5. The number of carbonyl (C=O) groups is 4. The molecule has 3 heterocycles. The van der Waals surface area contributed by atoms with E-state index in [0.29, 0.717) is 24.3 Å². The Morgan fingerprint density at radius 3 is 2.64 bits per heavy atom. The van der Waals surface area contributed by atoms with Crippen LogP contribution in [0.1, 0.15) is 38.8 Å². The highest BCUT2D eigenvalue weighted by Gasteiger charge is 2.55. The number of oxime groups is 1. The molecule has 0 spiro atoms. The van der Waals surface area contributed by atoms with Crippen LogP contribution >= 0.6 is 23.1 Å².